The molecule has 83 heavy (non-hydrogen) atoms. The number of allylic oxidation sites excluding steroid dienone is 18. The molecule has 0 aliphatic rings. The second-order valence-corrected chi connectivity index (χ2v) is 23.4. The van der Waals surface area contributed by atoms with Gasteiger partial charge >= 0.3 is 17.9 Å². The number of rotatable bonds is 64. The van der Waals surface area contributed by atoms with E-state index in [1.807, 2.05) is 0 Å². The van der Waals surface area contributed by atoms with Crippen LogP contribution in [0.4, 0.5) is 0 Å². The fourth-order valence-electron chi connectivity index (χ4n) is 9.97. The molecule has 0 heterocycles. The van der Waals surface area contributed by atoms with Crippen molar-refractivity contribution in [1.82, 2.24) is 0 Å². The number of unbranched alkanes of at least 4 members (excludes halogenated alkanes) is 35. The highest BCUT2D eigenvalue weighted by Gasteiger charge is 2.19. The highest BCUT2D eigenvalue weighted by Crippen LogP contribution is 2.17. The molecule has 0 aliphatic heterocycles. The van der Waals surface area contributed by atoms with Crippen molar-refractivity contribution < 1.29 is 28.6 Å². The average Bonchev–Trinajstić information content (AvgIpc) is 3.49. The quantitative estimate of drug-likeness (QED) is 0.0261. The Labute approximate surface area is 514 Å². The van der Waals surface area contributed by atoms with Gasteiger partial charge in [0.1, 0.15) is 13.2 Å². The lowest BCUT2D eigenvalue weighted by atomic mass is 10.0. The molecule has 0 aromatic rings. The Morgan fingerprint density at radius 3 is 0.771 bits per heavy atom. The van der Waals surface area contributed by atoms with Crippen molar-refractivity contribution in [3.05, 3.63) is 109 Å². The molecule has 0 saturated heterocycles. The summed E-state index contributed by atoms with van der Waals surface area (Å²) in [7, 11) is 0. The molecule has 0 N–H and O–H groups in total. The Morgan fingerprint density at radius 1 is 0.253 bits per heavy atom. The molecule has 476 valence electrons. The van der Waals surface area contributed by atoms with E-state index in [0.717, 1.165) is 122 Å². The highest BCUT2D eigenvalue weighted by atomic mass is 16.6. The molecule has 6 nitrogen and oxygen atoms in total. The molecule has 0 bridgehead atoms. The third-order valence-electron chi connectivity index (χ3n) is 15.3. The van der Waals surface area contributed by atoms with Crippen LogP contribution in [0.15, 0.2) is 109 Å². The predicted molar refractivity (Wildman–Crippen MR) is 362 cm³/mol. The fourth-order valence-corrected chi connectivity index (χ4v) is 9.97. The zero-order valence-electron chi connectivity index (χ0n) is 54.7. The van der Waals surface area contributed by atoms with Crippen LogP contribution in [0.25, 0.3) is 0 Å². The van der Waals surface area contributed by atoms with Crippen LogP contribution in [-0.4, -0.2) is 37.2 Å². The molecule has 6 heteroatoms. The van der Waals surface area contributed by atoms with Gasteiger partial charge in [0.05, 0.1) is 0 Å². The van der Waals surface area contributed by atoms with Gasteiger partial charge in [-0.05, 0) is 103 Å². The minimum atomic E-state index is -0.785. The van der Waals surface area contributed by atoms with Gasteiger partial charge in [-0.2, -0.15) is 0 Å². The maximum Gasteiger partial charge on any atom is 0.306 e. The van der Waals surface area contributed by atoms with Gasteiger partial charge in [-0.3, -0.25) is 14.4 Å². The van der Waals surface area contributed by atoms with Crippen molar-refractivity contribution >= 4 is 17.9 Å². The molecular formula is C77H132O6. The first-order chi connectivity index (χ1) is 41.0. The van der Waals surface area contributed by atoms with E-state index in [0.29, 0.717) is 19.3 Å². The van der Waals surface area contributed by atoms with Crippen molar-refractivity contribution in [3.8, 4) is 0 Å². The monoisotopic (exact) mass is 1150 g/mol. The summed E-state index contributed by atoms with van der Waals surface area (Å²) in [6.07, 6.45) is 96.8. The normalized spacial score (nSPS) is 12.8. The fraction of sp³-hybridized carbons (Fsp3) is 0.727. The van der Waals surface area contributed by atoms with Crippen LogP contribution in [0.2, 0.25) is 0 Å². The molecule has 0 aliphatic carbocycles. The zero-order chi connectivity index (χ0) is 59.9. The Balaban J connectivity index is 4.25. The SMILES string of the molecule is CC/C=C\C/C=C\C/C=C\C/C=C\C/C=C\C/C=C\C/C=C\CCCCCCCCCCCCCC(=O)OCC(COC(=O)CCCCCCC/C=C\C/C=C\CCCC)OC(=O)CCCCCCCCCCCCCCCCCCCC. The van der Waals surface area contributed by atoms with Gasteiger partial charge < -0.3 is 14.2 Å². The van der Waals surface area contributed by atoms with Crippen LogP contribution in [-0.2, 0) is 28.6 Å². The lowest BCUT2D eigenvalue weighted by Crippen LogP contribution is -2.30. The van der Waals surface area contributed by atoms with Crippen molar-refractivity contribution in [2.24, 2.45) is 0 Å². The van der Waals surface area contributed by atoms with E-state index in [-0.39, 0.29) is 31.1 Å². The van der Waals surface area contributed by atoms with Crippen LogP contribution in [0.3, 0.4) is 0 Å². The van der Waals surface area contributed by atoms with Crippen molar-refractivity contribution in [3.63, 3.8) is 0 Å². The molecule has 0 aromatic heterocycles. The average molecular weight is 1150 g/mol. The molecule has 0 spiro atoms. The first kappa shape index (κ1) is 79.1. The lowest BCUT2D eigenvalue weighted by Gasteiger charge is -2.18. The summed E-state index contributed by atoms with van der Waals surface area (Å²) >= 11 is 0. The van der Waals surface area contributed by atoms with Gasteiger partial charge in [-0.15, -0.1) is 0 Å². The van der Waals surface area contributed by atoms with Crippen LogP contribution >= 0.6 is 0 Å². The predicted octanol–water partition coefficient (Wildman–Crippen LogP) is 24.6. The van der Waals surface area contributed by atoms with Crippen LogP contribution in [0.5, 0.6) is 0 Å². The number of carbonyl (C=O) groups excluding carboxylic acids is 3. The second kappa shape index (κ2) is 70.6. The van der Waals surface area contributed by atoms with E-state index in [9.17, 15) is 14.4 Å². The van der Waals surface area contributed by atoms with E-state index < -0.39 is 6.10 Å². The summed E-state index contributed by atoms with van der Waals surface area (Å²) in [6, 6.07) is 0. The Hall–Kier alpha value is -3.93. The summed E-state index contributed by atoms with van der Waals surface area (Å²) in [5.74, 6) is -0.882. The number of carbonyl (C=O) groups is 3. The lowest BCUT2D eigenvalue weighted by molar-refractivity contribution is -0.167. The first-order valence-electron chi connectivity index (χ1n) is 35.4. The standard InChI is InChI=1S/C77H132O6/c1-4-7-10-13-16-19-22-25-28-30-32-33-34-35-36-37-38-39-40-41-42-43-44-45-46-48-49-52-55-58-61-64-67-70-76(79)82-73-74(72-81-75(78)69-66-63-60-57-54-51-27-24-21-18-15-12-9-6-3)83-77(80)71-68-65-62-59-56-53-50-47-31-29-26-23-20-17-14-11-8-5-2/h7,10,15-16,18-19,24-25,27-28,32-33,35-36,38-39,41-42,74H,4-6,8-9,11-14,17,20-23,26,29-31,34,37,40,43-73H2,1-3H3/b10-7-,18-15-,19-16-,27-24-,28-25-,33-32-,36-35-,39-38-,42-41-. The molecule has 0 aromatic carbocycles. The van der Waals surface area contributed by atoms with E-state index in [1.165, 1.54) is 180 Å². The molecule has 0 fully saturated rings. The van der Waals surface area contributed by atoms with Crippen LogP contribution < -0.4 is 0 Å². The Kier molecular flexibility index (Phi) is 67.2. The van der Waals surface area contributed by atoms with Gasteiger partial charge in [-0.1, -0.05) is 329 Å². The molecule has 0 radical (unpaired) electrons. The second-order valence-electron chi connectivity index (χ2n) is 23.4. The minimum Gasteiger partial charge on any atom is -0.462 e. The smallest absolute Gasteiger partial charge is 0.306 e. The maximum absolute atomic E-state index is 12.9. The van der Waals surface area contributed by atoms with E-state index in [4.69, 9.17) is 14.2 Å². The minimum absolute atomic E-state index is 0.0810. The van der Waals surface area contributed by atoms with E-state index >= 15 is 0 Å². The third-order valence-corrected chi connectivity index (χ3v) is 15.3. The molecule has 0 saturated carbocycles. The zero-order valence-corrected chi connectivity index (χ0v) is 54.7. The van der Waals surface area contributed by atoms with Gasteiger partial charge in [0.15, 0.2) is 6.10 Å². The van der Waals surface area contributed by atoms with Crippen LogP contribution in [0, 0.1) is 0 Å². The number of esters is 3. The van der Waals surface area contributed by atoms with E-state index in [2.05, 4.69) is 130 Å². The first-order valence-corrected chi connectivity index (χ1v) is 35.4. The van der Waals surface area contributed by atoms with Gasteiger partial charge in [0.2, 0.25) is 0 Å². The third kappa shape index (κ3) is 68.7. The maximum atomic E-state index is 12.9. The Morgan fingerprint density at radius 2 is 0.482 bits per heavy atom. The molecule has 0 amide bonds. The van der Waals surface area contributed by atoms with Crippen molar-refractivity contribution in [2.45, 2.75) is 348 Å². The summed E-state index contributed by atoms with van der Waals surface area (Å²) in [4.78, 5) is 38.4. The summed E-state index contributed by atoms with van der Waals surface area (Å²) in [5.41, 5.74) is 0. The van der Waals surface area contributed by atoms with Gasteiger partial charge in [0, 0.05) is 19.3 Å². The molecule has 1 atom stereocenters. The van der Waals surface area contributed by atoms with Crippen molar-refractivity contribution in [2.75, 3.05) is 13.2 Å². The highest BCUT2D eigenvalue weighted by molar-refractivity contribution is 5.71. The number of ether oxygens (including phenoxy) is 3. The molecular weight excluding hydrogens is 1020 g/mol. The summed E-state index contributed by atoms with van der Waals surface area (Å²) < 4.78 is 17.0. The summed E-state index contributed by atoms with van der Waals surface area (Å²) in [5, 5.41) is 0. The Bertz CT molecular complexity index is 1660. The topological polar surface area (TPSA) is 78.9 Å². The van der Waals surface area contributed by atoms with Gasteiger partial charge in [-0.25, -0.2) is 0 Å². The number of hydrogen-bond donors (Lipinski definition) is 0. The molecule has 0 rings (SSSR count). The largest absolute Gasteiger partial charge is 0.462 e. The van der Waals surface area contributed by atoms with E-state index in [1.54, 1.807) is 0 Å². The number of hydrogen-bond acceptors (Lipinski definition) is 6. The molecule has 1 unspecified atom stereocenters. The van der Waals surface area contributed by atoms with Gasteiger partial charge in [0.25, 0.3) is 0 Å². The van der Waals surface area contributed by atoms with Crippen molar-refractivity contribution in [1.29, 1.82) is 0 Å². The van der Waals surface area contributed by atoms with Crippen LogP contribution in [0.1, 0.15) is 342 Å². The summed E-state index contributed by atoms with van der Waals surface area (Å²) in [6.45, 7) is 6.51.